The molecule has 1 N–H and O–H groups in total. The van der Waals surface area contributed by atoms with E-state index < -0.39 is 0 Å². The van der Waals surface area contributed by atoms with Gasteiger partial charge < -0.3 is 14.8 Å². The van der Waals surface area contributed by atoms with Crippen LogP contribution in [0.1, 0.15) is 50.6 Å². The molecule has 1 aromatic carbocycles. The Kier molecular flexibility index (Phi) is 3.92. The minimum atomic E-state index is 0.375. The van der Waals surface area contributed by atoms with Gasteiger partial charge in [-0.1, -0.05) is 18.9 Å². The summed E-state index contributed by atoms with van der Waals surface area (Å²) in [6.45, 7) is 3.74. The summed E-state index contributed by atoms with van der Waals surface area (Å²) in [4.78, 5) is 0. The molecule has 0 spiro atoms. The molecular formula is C16H23NO2. The topological polar surface area (TPSA) is 30.5 Å². The standard InChI is InChI=1S/C16H23NO2/c1-12(17-14-5-2-3-6-14)13-7-8-15-16(11-13)19-10-4-9-18-15/h7-8,11-12,14,17H,2-6,9-10H2,1H3. The lowest BCUT2D eigenvalue weighted by molar-refractivity contribution is 0.297. The molecule has 0 amide bonds. The van der Waals surface area contributed by atoms with Crippen molar-refractivity contribution in [1.82, 2.24) is 5.32 Å². The third kappa shape index (κ3) is 3.03. The highest BCUT2D eigenvalue weighted by molar-refractivity contribution is 5.44. The van der Waals surface area contributed by atoms with Gasteiger partial charge >= 0.3 is 0 Å². The van der Waals surface area contributed by atoms with Gasteiger partial charge in [0, 0.05) is 18.5 Å². The van der Waals surface area contributed by atoms with Crippen LogP contribution in [0.3, 0.4) is 0 Å². The van der Waals surface area contributed by atoms with Crippen molar-refractivity contribution in [2.75, 3.05) is 13.2 Å². The van der Waals surface area contributed by atoms with E-state index >= 15 is 0 Å². The van der Waals surface area contributed by atoms with Gasteiger partial charge in [0.1, 0.15) is 0 Å². The Balaban J connectivity index is 1.71. The first-order chi connectivity index (χ1) is 9.33. The van der Waals surface area contributed by atoms with Crippen LogP contribution in [0.4, 0.5) is 0 Å². The highest BCUT2D eigenvalue weighted by Crippen LogP contribution is 2.32. The number of nitrogens with one attached hydrogen (secondary N) is 1. The maximum atomic E-state index is 5.76. The van der Waals surface area contributed by atoms with E-state index in [1.165, 1.54) is 31.2 Å². The van der Waals surface area contributed by atoms with Crippen LogP contribution in [0.5, 0.6) is 11.5 Å². The normalized spacial score (nSPS) is 21.1. The monoisotopic (exact) mass is 261 g/mol. The highest BCUT2D eigenvalue weighted by atomic mass is 16.5. The molecule has 0 bridgehead atoms. The quantitative estimate of drug-likeness (QED) is 0.904. The Bertz CT molecular complexity index is 427. The zero-order valence-corrected chi connectivity index (χ0v) is 11.7. The molecule has 0 saturated heterocycles. The van der Waals surface area contributed by atoms with Crippen molar-refractivity contribution in [1.29, 1.82) is 0 Å². The van der Waals surface area contributed by atoms with Crippen molar-refractivity contribution < 1.29 is 9.47 Å². The number of ether oxygens (including phenoxy) is 2. The Hall–Kier alpha value is -1.22. The molecular weight excluding hydrogens is 238 g/mol. The summed E-state index contributed by atoms with van der Waals surface area (Å²) in [5, 5.41) is 3.72. The lowest BCUT2D eigenvalue weighted by atomic mass is 10.1. The molecule has 2 aliphatic rings. The van der Waals surface area contributed by atoms with Crippen molar-refractivity contribution >= 4 is 0 Å². The van der Waals surface area contributed by atoms with Crippen LogP contribution >= 0.6 is 0 Å². The lowest BCUT2D eigenvalue weighted by Crippen LogP contribution is -2.28. The fraction of sp³-hybridized carbons (Fsp3) is 0.625. The Morgan fingerprint density at radius 2 is 1.79 bits per heavy atom. The van der Waals surface area contributed by atoms with Gasteiger partial charge in [-0.15, -0.1) is 0 Å². The average molecular weight is 261 g/mol. The molecule has 1 aromatic rings. The summed E-state index contributed by atoms with van der Waals surface area (Å²) < 4.78 is 11.4. The van der Waals surface area contributed by atoms with Gasteiger partial charge in [-0.05, 0) is 37.5 Å². The molecule has 0 radical (unpaired) electrons. The smallest absolute Gasteiger partial charge is 0.161 e. The first-order valence-corrected chi connectivity index (χ1v) is 7.48. The summed E-state index contributed by atoms with van der Waals surface area (Å²) in [5.41, 5.74) is 1.29. The van der Waals surface area contributed by atoms with Crippen LogP contribution in [0, 0.1) is 0 Å². The fourth-order valence-corrected chi connectivity index (χ4v) is 2.99. The number of benzene rings is 1. The lowest BCUT2D eigenvalue weighted by Gasteiger charge is -2.20. The number of hydrogen-bond donors (Lipinski definition) is 1. The van der Waals surface area contributed by atoms with Crippen molar-refractivity contribution in [3.05, 3.63) is 23.8 Å². The number of fused-ring (bicyclic) bond motifs is 1. The summed E-state index contributed by atoms with van der Waals surface area (Å²) in [6.07, 6.45) is 6.32. The second kappa shape index (κ2) is 5.83. The van der Waals surface area contributed by atoms with Crippen molar-refractivity contribution in [2.45, 2.75) is 51.1 Å². The van der Waals surface area contributed by atoms with Gasteiger partial charge in [-0.2, -0.15) is 0 Å². The Morgan fingerprint density at radius 1 is 1.05 bits per heavy atom. The summed E-state index contributed by atoms with van der Waals surface area (Å²) in [7, 11) is 0. The van der Waals surface area contributed by atoms with Gasteiger partial charge in [0.05, 0.1) is 13.2 Å². The predicted octanol–water partition coefficient (Wildman–Crippen LogP) is 3.44. The van der Waals surface area contributed by atoms with Crippen LogP contribution in [0.2, 0.25) is 0 Å². The maximum Gasteiger partial charge on any atom is 0.161 e. The molecule has 1 saturated carbocycles. The maximum absolute atomic E-state index is 5.76. The molecule has 1 atom stereocenters. The predicted molar refractivity (Wildman–Crippen MR) is 75.9 cm³/mol. The molecule has 1 fully saturated rings. The van der Waals surface area contributed by atoms with Gasteiger partial charge in [-0.3, -0.25) is 0 Å². The Morgan fingerprint density at radius 3 is 2.58 bits per heavy atom. The van der Waals surface area contributed by atoms with Gasteiger partial charge in [0.15, 0.2) is 11.5 Å². The third-order valence-electron chi connectivity index (χ3n) is 4.11. The molecule has 3 rings (SSSR count). The van der Waals surface area contributed by atoms with E-state index in [-0.39, 0.29) is 0 Å². The van der Waals surface area contributed by atoms with Crippen molar-refractivity contribution in [3.8, 4) is 11.5 Å². The van der Waals surface area contributed by atoms with E-state index in [4.69, 9.17) is 9.47 Å². The molecule has 1 aliphatic heterocycles. The first-order valence-electron chi connectivity index (χ1n) is 7.48. The van der Waals surface area contributed by atoms with E-state index in [0.29, 0.717) is 12.1 Å². The summed E-state index contributed by atoms with van der Waals surface area (Å²) >= 11 is 0. The van der Waals surface area contributed by atoms with Crippen LogP contribution in [0.25, 0.3) is 0 Å². The van der Waals surface area contributed by atoms with E-state index in [9.17, 15) is 0 Å². The van der Waals surface area contributed by atoms with Crippen LogP contribution in [-0.2, 0) is 0 Å². The van der Waals surface area contributed by atoms with Crippen LogP contribution in [0.15, 0.2) is 18.2 Å². The molecule has 19 heavy (non-hydrogen) atoms. The zero-order chi connectivity index (χ0) is 13.1. The summed E-state index contributed by atoms with van der Waals surface area (Å²) in [5.74, 6) is 1.78. The van der Waals surface area contributed by atoms with Crippen LogP contribution in [-0.4, -0.2) is 19.3 Å². The second-order valence-electron chi connectivity index (χ2n) is 5.63. The molecule has 1 heterocycles. The molecule has 3 heteroatoms. The van der Waals surface area contributed by atoms with Gasteiger partial charge in [0.25, 0.3) is 0 Å². The van der Waals surface area contributed by atoms with E-state index in [2.05, 4.69) is 24.4 Å². The Labute approximate surface area is 115 Å². The fourth-order valence-electron chi connectivity index (χ4n) is 2.99. The van der Waals surface area contributed by atoms with Gasteiger partial charge in [-0.25, -0.2) is 0 Å². The van der Waals surface area contributed by atoms with E-state index in [1.807, 2.05) is 6.07 Å². The minimum Gasteiger partial charge on any atom is -0.490 e. The summed E-state index contributed by atoms with van der Waals surface area (Å²) in [6, 6.07) is 7.39. The van der Waals surface area contributed by atoms with Crippen molar-refractivity contribution in [3.63, 3.8) is 0 Å². The first kappa shape index (κ1) is 12.8. The number of rotatable bonds is 3. The zero-order valence-electron chi connectivity index (χ0n) is 11.7. The highest BCUT2D eigenvalue weighted by Gasteiger charge is 2.19. The van der Waals surface area contributed by atoms with Crippen molar-refractivity contribution in [2.24, 2.45) is 0 Å². The second-order valence-corrected chi connectivity index (χ2v) is 5.63. The van der Waals surface area contributed by atoms with Crippen LogP contribution < -0.4 is 14.8 Å². The van der Waals surface area contributed by atoms with Gasteiger partial charge in [0.2, 0.25) is 0 Å². The van der Waals surface area contributed by atoms with E-state index in [0.717, 1.165) is 31.1 Å². The number of hydrogen-bond acceptors (Lipinski definition) is 3. The largest absolute Gasteiger partial charge is 0.490 e. The average Bonchev–Trinajstić information content (AvgIpc) is 2.81. The van der Waals surface area contributed by atoms with E-state index in [1.54, 1.807) is 0 Å². The molecule has 0 aromatic heterocycles. The SMILES string of the molecule is CC(NC1CCCC1)c1ccc2c(c1)OCCCO2. The molecule has 3 nitrogen and oxygen atoms in total. The molecule has 1 aliphatic carbocycles. The molecule has 104 valence electrons. The minimum absolute atomic E-state index is 0.375. The third-order valence-corrected chi connectivity index (χ3v) is 4.11. The molecule has 1 unspecified atom stereocenters.